The van der Waals surface area contributed by atoms with E-state index < -0.39 is 11.5 Å². The van der Waals surface area contributed by atoms with Crippen LogP contribution in [0, 0.1) is 13.8 Å². The van der Waals surface area contributed by atoms with E-state index in [0.717, 1.165) is 11.1 Å². The number of carbonyl (C=O) groups is 2. The highest BCUT2D eigenvalue weighted by atomic mass is 16.5. The average Bonchev–Trinajstić information content (AvgIpc) is 2.77. The second kappa shape index (κ2) is 5.01. The van der Waals surface area contributed by atoms with Gasteiger partial charge in [0.15, 0.2) is 5.54 Å². The topological polar surface area (TPSA) is 75.6 Å². The predicted octanol–water partition coefficient (Wildman–Crippen LogP) is 1.28. The first kappa shape index (κ1) is 13.5. The van der Waals surface area contributed by atoms with Crippen LogP contribution in [0.5, 0.6) is 0 Å². The summed E-state index contributed by atoms with van der Waals surface area (Å²) in [6.45, 7) is 4.16. The van der Waals surface area contributed by atoms with Gasteiger partial charge in [0, 0.05) is 18.6 Å². The van der Waals surface area contributed by atoms with E-state index in [4.69, 9.17) is 4.74 Å². The number of carboxylic acid groups (broad SMARTS) is 1. The van der Waals surface area contributed by atoms with Crippen LogP contribution in [0.4, 0.5) is 0 Å². The Bertz CT molecular complexity index is 498. The molecule has 5 heteroatoms. The smallest absolute Gasteiger partial charge is 0.331 e. The first-order valence-corrected chi connectivity index (χ1v) is 6.15. The third kappa shape index (κ3) is 2.76. The molecular weight excluding hydrogens is 246 g/mol. The second-order valence-corrected chi connectivity index (χ2v) is 5.02. The van der Waals surface area contributed by atoms with Crippen molar-refractivity contribution < 1.29 is 19.4 Å². The number of aryl methyl sites for hydroxylation is 2. The zero-order valence-corrected chi connectivity index (χ0v) is 11.0. The molecule has 2 rings (SSSR count). The molecule has 1 atom stereocenters. The molecule has 1 heterocycles. The summed E-state index contributed by atoms with van der Waals surface area (Å²) in [6, 6.07) is 5.45. The van der Waals surface area contributed by atoms with E-state index in [1.54, 1.807) is 12.1 Å². The minimum Gasteiger partial charge on any atom is -0.479 e. The van der Waals surface area contributed by atoms with Gasteiger partial charge in [0.05, 0.1) is 6.61 Å². The Labute approximate surface area is 111 Å². The molecule has 1 aliphatic heterocycles. The zero-order valence-electron chi connectivity index (χ0n) is 11.0. The number of carboxylic acids is 1. The van der Waals surface area contributed by atoms with E-state index in [0.29, 0.717) is 18.6 Å². The van der Waals surface area contributed by atoms with Gasteiger partial charge < -0.3 is 15.2 Å². The third-order valence-corrected chi connectivity index (χ3v) is 3.27. The van der Waals surface area contributed by atoms with Crippen molar-refractivity contribution in [2.24, 2.45) is 0 Å². The molecule has 2 N–H and O–H groups in total. The highest BCUT2D eigenvalue weighted by Gasteiger charge is 2.44. The number of benzene rings is 1. The van der Waals surface area contributed by atoms with Crippen LogP contribution in [0.25, 0.3) is 0 Å². The summed E-state index contributed by atoms with van der Waals surface area (Å²) in [5, 5.41) is 11.9. The summed E-state index contributed by atoms with van der Waals surface area (Å²) >= 11 is 0. The van der Waals surface area contributed by atoms with Gasteiger partial charge in [0.25, 0.3) is 5.91 Å². The van der Waals surface area contributed by atoms with E-state index in [2.05, 4.69) is 5.32 Å². The van der Waals surface area contributed by atoms with Crippen LogP contribution in [0.1, 0.15) is 27.9 Å². The second-order valence-electron chi connectivity index (χ2n) is 5.02. The van der Waals surface area contributed by atoms with Crippen molar-refractivity contribution in [1.82, 2.24) is 5.32 Å². The minimum atomic E-state index is -1.30. The summed E-state index contributed by atoms with van der Waals surface area (Å²) in [5.41, 5.74) is 1.12. The molecule has 102 valence electrons. The Balaban J connectivity index is 2.22. The highest BCUT2D eigenvalue weighted by Crippen LogP contribution is 2.20. The Morgan fingerprint density at radius 2 is 1.89 bits per heavy atom. The fourth-order valence-electron chi connectivity index (χ4n) is 2.28. The number of hydrogen-bond acceptors (Lipinski definition) is 3. The first-order chi connectivity index (χ1) is 8.93. The van der Waals surface area contributed by atoms with Gasteiger partial charge in [-0.05, 0) is 26.0 Å². The summed E-state index contributed by atoms with van der Waals surface area (Å²) in [7, 11) is 0. The Morgan fingerprint density at radius 1 is 1.26 bits per heavy atom. The Kier molecular flexibility index (Phi) is 3.57. The van der Waals surface area contributed by atoms with Crippen molar-refractivity contribution >= 4 is 11.9 Å². The molecular formula is C14H17NO4. The molecule has 0 aromatic heterocycles. The molecule has 1 unspecified atom stereocenters. The zero-order chi connectivity index (χ0) is 14.0. The largest absolute Gasteiger partial charge is 0.479 e. The standard InChI is InChI=1S/C14H17NO4/c1-9-5-10(2)7-11(6-9)12(16)15-14(13(17)18)3-4-19-8-14/h5-7H,3-4,8H2,1-2H3,(H,15,16)(H,17,18). The highest BCUT2D eigenvalue weighted by molar-refractivity contribution is 5.98. The van der Waals surface area contributed by atoms with E-state index >= 15 is 0 Å². The fraction of sp³-hybridized carbons (Fsp3) is 0.429. The lowest BCUT2D eigenvalue weighted by atomic mass is 9.97. The van der Waals surface area contributed by atoms with Gasteiger partial charge in [0.2, 0.25) is 0 Å². The molecule has 0 radical (unpaired) electrons. The molecule has 1 amide bonds. The predicted molar refractivity (Wildman–Crippen MR) is 69.2 cm³/mol. The summed E-state index contributed by atoms with van der Waals surface area (Å²) in [6.07, 6.45) is 0.291. The SMILES string of the molecule is Cc1cc(C)cc(C(=O)NC2(C(=O)O)CCOC2)c1. The van der Waals surface area contributed by atoms with Gasteiger partial charge in [-0.2, -0.15) is 0 Å². The van der Waals surface area contributed by atoms with Crippen molar-refractivity contribution in [3.05, 3.63) is 34.9 Å². The van der Waals surface area contributed by atoms with Gasteiger partial charge >= 0.3 is 5.97 Å². The van der Waals surface area contributed by atoms with Crippen LogP contribution >= 0.6 is 0 Å². The van der Waals surface area contributed by atoms with Crippen molar-refractivity contribution in [1.29, 1.82) is 0 Å². The normalized spacial score (nSPS) is 22.2. The number of rotatable bonds is 3. The average molecular weight is 263 g/mol. The van der Waals surface area contributed by atoms with E-state index in [9.17, 15) is 14.7 Å². The van der Waals surface area contributed by atoms with E-state index in [-0.39, 0.29) is 12.5 Å². The van der Waals surface area contributed by atoms with Gasteiger partial charge in [-0.1, -0.05) is 17.2 Å². The molecule has 1 saturated heterocycles. The van der Waals surface area contributed by atoms with Crippen LogP contribution in [0.2, 0.25) is 0 Å². The number of nitrogens with one attached hydrogen (secondary N) is 1. The first-order valence-electron chi connectivity index (χ1n) is 6.15. The van der Waals surface area contributed by atoms with E-state index in [1.165, 1.54) is 0 Å². The fourth-order valence-corrected chi connectivity index (χ4v) is 2.28. The molecule has 1 aliphatic rings. The van der Waals surface area contributed by atoms with Crippen LogP contribution in [-0.4, -0.2) is 35.7 Å². The number of ether oxygens (including phenoxy) is 1. The van der Waals surface area contributed by atoms with Crippen LogP contribution in [-0.2, 0) is 9.53 Å². The summed E-state index contributed by atoms with van der Waals surface area (Å²) in [4.78, 5) is 23.5. The number of carbonyl (C=O) groups excluding carboxylic acids is 1. The Hall–Kier alpha value is -1.88. The number of amides is 1. The van der Waals surface area contributed by atoms with Gasteiger partial charge in [-0.25, -0.2) is 4.79 Å². The van der Waals surface area contributed by atoms with Crippen molar-refractivity contribution in [2.75, 3.05) is 13.2 Å². The van der Waals surface area contributed by atoms with Crippen LogP contribution in [0.3, 0.4) is 0 Å². The van der Waals surface area contributed by atoms with Crippen molar-refractivity contribution in [3.63, 3.8) is 0 Å². The quantitative estimate of drug-likeness (QED) is 0.861. The maximum atomic E-state index is 12.2. The van der Waals surface area contributed by atoms with Crippen molar-refractivity contribution in [3.8, 4) is 0 Å². The van der Waals surface area contributed by atoms with Crippen LogP contribution < -0.4 is 5.32 Å². The molecule has 1 aromatic carbocycles. The molecule has 19 heavy (non-hydrogen) atoms. The molecule has 0 spiro atoms. The van der Waals surface area contributed by atoms with Crippen LogP contribution in [0.15, 0.2) is 18.2 Å². The maximum Gasteiger partial charge on any atom is 0.331 e. The monoisotopic (exact) mass is 263 g/mol. The van der Waals surface area contributed by atoms with Gasteiger partial charge in [-0.3, -0.25) is 4.79 Å². The number of aliphatic carboxylic acids is 1. The molecule has 0 bridgehead atoms. The molecule has 0 saturated carbocycles. The molecule has 5 nitrogen and oxygen atoms in total. The molecule has 1 fully saturated rings. The molecule has 0 aliphatic carbocycles. The molecule has 1 aromatic rings. The summed E-state index contributed by atoms with van der Waals surface area (Å²) < 4.78 is 5.11. The van der Waals surface area contributed by atoms with E-state index in [1.807, 2.05) is 19.9 Å². The lowest BCUT2D eigenvalue weighted by molar-refractivity contribution is -0.144. The Morgan fingerprint density at radius 3 is 2.37 bits per heavy atom. The summed E-state index contributed by atoms with van der Waals surface area (Å²) in [5.74, 6) is -1.43. The third-order valence-electron chi connectivity index (χ3n) is 3.27. The lowest BCUT2D eigenvalue weighted by Crippen LogP contribution is -2.55. The van der Waals surface area contributed by atoms with Gasteiger partial charge in [0.1, 0.15) is 0 Å². The van der Waals surface area contributed by atoms with Crippen molar-refractivity contribution in [2.45, 2.75) is 25.8 Å². The lowest BCUT2D eigenvalue weighted by Gasteiger charge is -2.23. The maximum absolute atomic E-state index is 12.2. The number of hydrogen-bond donors (Lipinski definition) is 2. The van der Waals surface area contributed by atoms with Gasteiger partial charge in [-0.15, -0.1) is 0 Å². The minimum absolute atomic E-state index is 0.0128.